The van der Waals surface area contributed by atoms with Gasteiger partial charge in [-0.1, -0.05) is 12.2 Å². The number of hydrogen-bond acceptors (Lipinski definition) is 2. The maximum atomic E-state index is 5.69. The Morgan fingerprint density at radius 1 is 1.62 bits per heavy atom. The highest BCUT2D eigenvalue weighted by Gasteiger charge is 1.98. The van der Waals surface area contributed by atoms with Crippen LogP contribution in [-0.4, -0.2) is 12.5 Å². The van der Waals surface area contributed by atoms with Crippen LogP contribution in [0.15, 0.2) is 28.6 Å². The summed E-state index contributed by atoms with van der Waals surface area (Å²) in [7, 11) is 0. The molecule has 16 heavy (non-hydrogen) atoms. The molecular formula is C11H18IN3S. The van der Waals surface area contributed by atoms with E-state index in [0.717, 1.165) is 5.57 Å². The predicted octanol–water partition coefficient (Wildman–Crippen LogP) is 2.65. The Balaban J connectivity index is 0.00000225. The van der Waals surface area contributed by atoms with E-state index in [-0.39, 0.29) is 24.0 Å². The van der Waals surface area contributed by atoms with Crippen LogP contribution in [-0.2, 0) is 6.54 Å². The van der Waals surface area contributed by atoms with E-state index >= 15 is 0 Å². The number of nitrogens with zero attached hydrogens (tertiary/aromatic N) is 1. The van der Waals surface area contributed by atoms with Crippen molar-refractivity contribution in [2.24, 2.45) is 10.7 Å². The van der Waals surface area contributed by atoms with Crippen molar-refractivity contribution in [3.05, 3.63) is 34.0 Å². The molecule has 1 aromatic heterocycles. The van der Waals surface area contributed by atoms with Crippen molar-refractivity contribution in [2.75, 3.05) is 6.54 Å². The Hall–Kier alpha value is -0.560. The Morgan fingerprint density at radius 3 is 2.81 bits per heavy atom. The molecule has 0 aliphatic carbocycles. The zero-order chi connectivity index (χ0) is 11.3. The lowest BCUT2D eigenvalue weighted by molar-refractivity contribution is 0.943. The molecule has 0 saturated carbocycles. The van der Waals surface area contributed by atoms with Crippen molar-refractivity contribution in [2.45, 2.75) is 20.4 Å². The number of halogens is 1. The number of aliphatic imine (C=N–C) groups is 1. The first-order valence-corrected chi connectivity index (χ1v) is 5.68. The largest absolute Gasteiger partial charge is 0.370 e. The molecule has 1 heterocycles. The molecule has 0 atom stereocenters. The fraction of sp³-hybridized carbons (Fsp3) is 0.364. The van der Waals surface area contributed by atoms with Crippen LogP contribution in [0.5, 0.6) is 0 Å². The molecular weight excluding hydrogens is 333 g/mol. The first-order valence-electron chi connectivity index (χ1n) is 4.80. The Morgan fingerprint density at radius 2 is 2.31 bits per heavy atom. The monoisotopic (exact) mass is 351 g/mol. The topological polar surface area (TPSA) is 50.4 Å². The van der Waals surface area contributed by atoms with Crippen LogP contribution >= 0.6 is 35.3 Å². The number of aryl methyl sites for hydroxylation is 1. The summed E-state index contributed by atoms with van der Waals surface area (Å²) in [5.41, 5.74) is 8.01. The molecule has 1 rings (SSSR count). The summed E-state index contributed by atoms with van der Waals surface area (Å²) in [6, 6.07) is 2.09. The molecule has 0 aliphatic rings. The van der Waals surface area contributed by atoms with Gasteiger partial charge in [-0.05, 0) is 30.9 Å². The molecule has 5 heteroatoms. The van der Waals surface area contributed by atoms with Gasteiger partial charge in [0.1, 0.15) is 0 Å². The third-order valence-corrected chi connectivity index (χ3v) is 2.94. The van der Waals surface area contributed by atoms with Crippen molar-refractivity contribution < 1.29 is 0 Å². The summed E-state index contributed by atoms with van der Waals surface area (Å²) in [6.45, 7) is 9.14. The highest BCUT2D eigenvalue weighted by atomic mass is 127. The molecule has 0 spiro atoms. The molecule has 3 nitrogen and oxygen atoms in total. The minimum absolute atomic E-state index is 0. The Labute approximate surface area is 118 Å². The number of nitrogens with one attached hydrogen (secondary N) is 1. The highest BCUT2D eigenvalue weighted by Crippen LogP contribution is 2.15. The normalized spacial score (nSPS) is 10.8. The van der Waals surface area contributed by atoms with E-state index in [2.05, 4.69) is 35.3 Å². The van der Waals surface area contributed by atoms with E-state index in [4.69, 9.17) is 5.73 Å². The molecule has 0 unspecified atom stereocenters. The molecule has 0 saturated heterocycles. The van der Waals surface area contributed by atoms with E-state index in [1.54, 1.807) is 11.3 Å². The van der Waals surface area contributed by atoms with E-state index in [1.807, 2.05) is 6.92 Å². The third-order valence-electron chi connectivity index (χ3n) is 1.93. The summed E-state index contributed by atoms with van der Waals surface area (Å²) in [5.74, 6) is 0.478. The van der Waals surface area contributed by atoms with Gasteiger partial charge >= 0.3 is 0 Å². The van der Waals surface area contributed by atoms with Crippen LogP contribution in [0.3, 0.4) is 0 Å². The van der Waals surface area contributed by atoms with Crippen LogP contribution in [0.4, 0.5) is 0 Å². The number of thiophene rings is 1. The van der Waals surface area contributed by atoms with Crippen LogP contribution in [0.2, 0.25) is 0 Å². The van der Waals surface area contributed by atoms with Crippen LogP contribution in [0.1, 0.15) is 17.4 Å². The number of hydrogen-bond donors (Lipinski definition) is 2. The van der Waals surface area contributed by atoms with Crippen LogP contribution in [0.25, 0.3) is 0 Å². The maximum absolute atomic E-state index is 5.69. The highest BCUT2D eigenvalue weighted by molar-refractivity contribution is 14.0. The average molecular weight is 351 g/mol. The summed E-state index contributed by atoms with van der Waals surface area (Å²) in [5, 5.41) is 5.06. The Bertz CT molecular complexity index is 371. The van der Waals surface area contributed by atoms with Crippen molar-refractivity contribution in [1.29, 1.82) is 0 Å². The number of nitrogens with two attached hydrogens (primary N) is 1. The minimum Gasteiger partial charge on any atom is -0.370 e. The summed E-state index contributed by atoms with van der Waals surface area (Å²) >= 11 is 1.71. The first kappa shape index (κ1) is 15.4. The zero-order valence-electron chi connectivity index (χ0n) is 9.62. The van der Waals surface area contributed by atoms with Gasteiger partial charge in [0.15, 0.2) is 5.96 Å². The Kier molecular flexibility index (Phi) is 7.40. The SMILES string of the molecule is C=C(C)CNC(N)=NCc1sccc1C.I. The molecule has 0 fully saturated rings. The van der Waals surface area contributed by atoms with Gasteiger partial charge in [-0.25, -0.2) is 4.99 Å². The second kappa shape index (κ2) is 7.67. The van der Waals surface area contributed by atoms with Gasteiger partial charge in [0.05, 0.1) is 6.54 Å². The lowest BCUT2D eigenvalue weighted by Crippen LogP contribution is -2.32. The van der Waals surface area contributed by atoms with Gasteiger partial charge < -0.3 is 11.1 Å². The average Bonchev–Trinajstić information content (AvgIpc) is 2.58. The van der Waals surface area contributed by atoms with Gasteiger partial charge in [0.2, 0.25) is 0 Å². The summed E-state index contributed by atoms with van der Waals surface area (Å²) in [4.78, 5) is 5.51. The lowest BCUT2D eigenvalue weighted by Gasteiger charge is -2.04. The molecule has 0 aromatic carbocycles. The second-order valence-corrected chi connectivity index (χ2v) is 4.54. The van der Waals surface area contributed by atoms with Crippen molar-refractivity contribution in [3.8, 4) is 0 Å². The van der Waals surface area contributed by atoms with Crippen LogP contribution < -0.4 is 11.1 Å². The maximum Gasteiger partial charge on any atom is 0.189 e. The number of rotatable bonds is 4. The van der Waals surface area contributed by atoms with Gasteiger partial charge in [0.25, 0.3) is 0 Å². The lowest BCUT2D eigenvalue weighted by atomic mass is 10.3. The standard InChI is InChI=1S/C11H17N3S.HI/c1-8(2)6-13-11(12)14-7-10-9(3)4-5-15-10;/h4-5H,1,6-7H2,2-3H3,(H3,12,13,14);1H. The molecule has 3 N–H and O–H groups in total. The van der Waals surface area contributed by atoms with Gasteiger partial charge in [-0.15, -0.1) is 35.3 Å². The molecule has 1 aromatic rings. The molecule has 0 amide bonds. The van der Waals surface area contributed by atoms with Crippen molar-refractivity contribution >= 4 is 41.3 Å². The van der Waals surface area contributed by atoms with E-state index in [0.29, 0.717) is 19.0 Å². The fourth-order valence-electron chi connectivity index (χ4n) is 1.02. The predicted molar refractivity (Wildman–Crippen MR) is 82.6 cm³/mol. The minimum atomic E-state index is 0. The number of guanidine groups is 1. The third kappa shape index (κ3) is 5.50. The molecule has 0 bridgehead atoms. The smallest absolute Gasteiger partial charge is 0.189 e. The fourth-order valence-corrected chi connectivity index (χ4v) is 1.85. The van der Waals surface area contributed by atoms with Gasteiger partial charge in [0, 0.05) is 11.4 Å². The first-order chi connectivity index (χ1) is 7.09. The zero-order valence-corrected chi connectivity index (χ0v) is 12.8. The van der Waals surface area contributed by atoms with Gasteiger partial charge in [-0.2, -0.15) is 0 Å². The van der Waals surface area contributed by atoms with Crippen molar-refractivity contribution in [1.82, 2.24) is 5.32 Å². The van der Waals surface area contributed by atoms with Crippen molar-refractivity contribution in [3.63, 3.8) is 0 Å². The van der Waals surface area contributed by atoms with E-state index in [1.165, 1.54) is 10.4 Å². The second-order valence-electron chi connectivity index (χ2n) is 3.54. The van der Waals surface area contributed by atoms with Gasteiger partial charge in [-0.3, -0.25) is 0 Å². The molecule has 90 valence electrons. The quantitative estimate of drug-likeness (QED) is 0.379. The van der Waals surface area contributed by atoms with E-state index < -0.39 is 0 Å². The van der Waals surface area contributed by atoms with Crippen LogP contribution in [0, 0.1) is 6.92 Å². The molecule has 0 aliphatic heterocycles. The van der Waals surface area contributed by atoms with E-state index in [9.17, 15) is 0 Å². The summed E-state index contributed by atoms with van der Waals surface area (Å²) < 4.78 is 0. The summed E-state index contributed by atoms with van der Waals surface area (Å²) in [6.07, 6.45) is 0. The molecule has 0 radical (unpaired) electrons.